The molecule has 3 aromatic rings. The summed E-state index contributed by atoms with van der Waals surface area (Å²) in [5.41, 5.74) is 8.55. The van der Waals surface area contributed by atoms with E-state index in [2.05, 4.69) is 30.0 Å². The Morgan fingerprint density at radius 3 is 2.53 bits per heavy atom. The molecule has 12 heteroatoms. The van der Waals surface area contributed by atoms with Crippen LogP contribution < -0.4 is 16.0 Å². The maximum absolute atomic E-state index is 12.5. The highest BCUT2D eigenvalue weighted by atomic mass is 16.5. The van der Waals surface area contributed by atoms with Gasteiger partial charge in [-0.15, -0.1) is 0 Å². The van der Waals surface area contributed by atoms with E-state index in [0.29, 0.717) is 29.2 Å². The first-order chi connectivity index (χ1) is 16.2. The second-order valence-electron chi connectivity index (χ2n) is 7.57. The Labute approximate surface area is 195 Å². The first-order valence-corrected chi connectivity index (χ1v) is 10.4. The molecule has 3 rings (SSSR count). The number of carbonyl (C=O) groups excluding carboxylic acids is 2. The number of anilines is 2. The molecule has 0 unspecified atom stereocenters. The Kier molecular flexibility index (Phi) is 7.51. The SMILES string of the molecule is COC(=O)CC[C@H](NC(=O)c1ccc(N(C)Cc2cnc3nc(C)nc(N)c3n2)cc1)C(=O)O. The zero-order valence-electron chi connectivity index (χ0n) is 19.0. The number of esters is 1. The molecule has 0 aliphatic rings. The van der Waals surface area contributed by atoms with Crippen molar-refractivity contribution in [2.45, 2.75) is 32.4 Å². The van der Waals surface area contributed by atoms with E-state index >= 15 is 0 Å². The number of methoxy groups -OCH3 is 1. The molecule has 0 spiro atoms. The van der Waals surface area contributed by atoms with Crippen LogP contribution in [0.1, 0.15) is 34.7 Å². The molecular weight excluding hydrogens is 442 g/mol. The number of aryl methyl sites for hydroxylation is 1. The number of nitrogens with one attached hydrogen (secondary N) is 1. The fourth-order valence-corrected chi connectivity index (χ4v) is 3.22. The Balaban J connectivity index is 1.66. The van der Waals surface area contributed by atoms with E-state index in [-0.39, 0.29) is 24.2 Å². The number of carboxylic acids is 1. The summed E-state index contributed by atoms with van der Waals surface area (Å²) in [6.07, 6.45) is 1.43. The van der Waals surface area contributed by atoms with Crippen LogP contribution in [0.5, 0.6) is 0 Å². The maximum atomic E-state index is 12.5. The smallest absolute Gasteiger partial charge is 0.326 e. The van der Waals surface area contributed by atoms with Crippen LogP contribution in [-0.2, 0) is 20.9 Å². The number of rotatable bonds is 9. The molecule has 0 fully saturated rings. The molecule has 34 heavy (non-hydrogen) atoms. The molecule has 1 atom stereocenters. The van der Waals surface area contributed by atoms with Crippen LogP contribution in [0.15, 0.2) is 30.5 Å². The highest BCUT2D eigenvalue weighted by Gasteiger charge is 2.22. The number of amides is 1. The van der Waals surface area contributed by atoms with E-state index < -0.39 is 23.9 Å². The van der Waals surface area contributed by atoms with Crippen molar-refractivity contribution in [1.29, 1.82) is 0 Å². The summed E-state index contributed by atoms with van der Waals surface area (Å²) in [5.74, 6) is -1.55. The quantitative estimate of drug-likeness (QED) is 0.384. The zero-order chi connectivity index (χ0) is 24.8. The largest absolute Gasteiger partial charge is 0.480 e. The number of fused-ring (bicyclic) bond motifs is 1. The highest BCUT2D eigenvalue weighted by Crippen LogP contribution is 2.18. The van der Waals surface area contributed by atoms with Gasteiger partial charge in [0.1, 0.15) is 11.9 Å². The lowest BCUT2D eigenvalue weighted by Gasteiger charge is -2.19. The third-order valence-corrected chi connectivity index (χ3v) is 5.03. The van der Waals surface area contributed by atoms with E-state index in [1.54, 1.807) is 37.4 Å². The molecule has 2 heterocycles. The van der Waals surface area contributed by atoms with Crippen LogP contribution in [0.25, 0.3) is 11.2 Å². The summed E-state index contributed by atoms with van der Waals surface area (Å²) in [5, 5.41) is 11.7. The molecule has 4 N–H and O–H groups in total. The second kappa shape index (κ2) is 10.5. The van der Waals surface area contributed by atoms with Gasteiger partial charge in [0, 0.05) is 24.7 Å². The number of ether oxygens (including phenoxy) is 1. The van der Waals surface area contributed by atoms with Gasteiger partial charge in [0.15, 0.2) is 17.0 Å². The summed E-state index contributed by atoms with van der Waals surface area (Å²) in [6.45, 7) is 2.14. The monoisotopic (exact) mass is 467 g/mol. The minimum atomic E-state index is -1.23. The van der Waals surface area contributed by atoms with Crippen molar-refractivity contribution in [3.63, 3.8) is 0 Å². The van der Waals surface area contributed by atoms with E-state index in [1.165, 1.54) is 7.11 Å². The van der Waals surface area contributed by atoms with Crippen molar-refractivity contribution in [3.05, 3.63) is 47.5 Å². The lowest BCUT2D eigenvalue weighted by Crippen LogP contribution is -2.41. The van der Waals surface area contributed by atoms with Gasteiger partial charge in [0.25, 0.3) is 5.91 Å². The molecule has 0 bridgehead atoms. The Morgan fingerprint density at radius 1 is 1.18 bits per heavy atom. The van der Waals surface area contributed by atoms with Crippen molar-refractivity contribution < 1.29 is 24.2 Å². The van der Waals surface area contributed by atoms with E-state index in [4.69, 9.17) is 5.73 Å². The number of hydrogen-bond acceptors (Lipinski definition) is 10. The fourth-order valence-electron chi connectivity index (χ4n) is 3.22. The zero-order valence-corrected chi connectivity index (χ0v) is 19.0. The van der Waals surface area contributed by atoms with E-state index in [0.717, 1.165) is 5.69 Å². The van der Waals surface area contributed by atoms with Crippen LogP contribution in [0, 0.1) is 6.92 Å². The van der Waals surface area contributed by atoms with Crippen LogP contribution in [-0.4, -0.2) is 63.1 Å². The lowest BCUT2D eigenvalue weighted by atomic mass is 10.1. The maximum Gasteiger partial charge on any atom is 0.326 e. The second-order valence-corrected chi connectivity index (χ2v) is 7.57. The van der Waals surface area contributed by atoms with Crippen molar-refractivity contribution in [3.8, 4) is 0 Å². The van der Waals surface area contributed by atoms with Crippen LogP contribution in [0.4, 0.5) is 11.5 Å². The minimum Gasteiger partial charge on any atom is -0.480 e. The predicted molar refractivity (Wildman–Crippen MR) is 123 cm³/mol. The van der Waals surface area contributed by atoms with Gasteiger partial charge in [0.05, 0.1) is 25.5 Å². The predicted octanol–water partition coefficient (Wildman–Crippen LogP) is 1.08. The first-order valence-electron chi connectivity index (χ1n) is 10.4. The standard InChI is InChI=1S/C22H25N7O5/c1-12-25-19(23)18-20(26-12)24-10-14(27-18)11-29(2)15-6-4-13(5-7-15)21(31)28-16(22(32)33)8-9-17(30)34-3/h4-7,10,16H,8-9,11H2,1-3H3,(H,28,31)(H,32,33)(H2,23,24,25,26)/t16-/m0/s1. The number of nitrogen functional groups attached to an aromatic ring is 1. The number of hydrogen-bond donors (Lipinski definition) is 3. The fraction of sp³-hybridized carbons (Fsp3) is 0.318. The van der Waals surface area contributed by atoms with E-state index in [9.17, 15) is 19.5 Å². The third-order valence-electron chi connectivity index (χ3n) is 5.03. The number of aliphatic carboxylic acids is 1. The number of carbonyl (C=O) groups is 3. The van der Waals surface area contributed by atoms with Crippen molar-refractivity contribution in [2.75, 3.05) is 24.8 Å². The molecule has 0 aliphatic carbocycles. The number of aromatic nitrogens is 4. The Hall–Kier alpha value is -4.35. The summed E-state index contributed by atoms with van der Waals surface area (Å²) in [7, 11) is 3.07. The van der Waals surface area contributed by atoms with Gasteiger partial charge in [-0.2, -0.15) is 0 Å². The van der Waals surface area contributed by atoms with E-state index in [1.807, 2.05) is 11.9 Å². The van der Waals surface area contributed by atoms with Gasteiger partial charge in [-0.3, -0.25) is 9.59 Å². The normalized spacial score (nSPS) is 11.6. The first kappa shape index (κ1) is 24.3. The average molecular weight is 467 g/mol. The number of benzene rings is 1. The number of carboxylic acid groups (broad SMARTS) is 1. The van der Waals surface area contributed by atoms with Gasteiger partial charge >= 0.3 is 11.9 Å². The lowest BCUT2D eigenvalue weighted by molar-refractivity contribution is -0.142. The molecule has 1 amide bonds. The van der Waals surface area contributed by atoms with Crippen LogP contribution in [0.2, 0.25) is 0 Å². The average Bonchev–Trinajstić information content (AvgIpc) is 2.81. The van der Waals surface area contributed by atoms with Gasteiger partial charge in [0.2, 0.25) is 0 Å². The van der Waals surface area contributed by atoms with Crippen LogP contribution in [0.3, 0.4) is 0 Å². The molecular formula is C22H25N7O5. The third kappa shape index (κ3) is 5.91. The molecule has 1 aromatic carbocycles. The molecule has 0 saturated heterocycles. The number of nitrogens with zero attached hydrogens (tertiary/aromatic N) is 5. The Morgan fingerprint density at radius 2 is 1.88 bits per heavy atom. The van der Waals surface area contributed by atoms with Gasteiger partial charge < -0.3 is 25.8 Å². The summed E-state index contributed by atoms with van der Waals surface area (Å²) >= 11 is 0. The molecule has 0 saturated carbocycles. The molecule has 0 aliphatic heterocycles. The number of nitrogens with two attached hydrogens (primary N) is 1. The van der Waals surface area contributed by atoms with Gasteiger partial charge in [-0.25, -0.2) is 24.7 Å². The molecule has 178 valence electrons. The van der Waals surface area contributed by atoms with Gasteiger partial charge in [-0.1, -0.05) is 0 Å². The van der Waals surface area contributed by atoms with Crippen molar-refractivity contribution in [1.82, 2.24) is 25.3 Å². The van der Waals surface area contributed by atoms with Crippen molar-refractivity contribution in [2.24, 2.45) is 0 Å². The summed E-state index contributed by atoms with van der Waals surface area (Å²) < 4.78 is 4.51. The molecule has 0 radical (unpaired) electrons. The van der Waals surface area contributed by atoms with Crippen molar-refractivity contribution >= 4 is 40.5 Å². The highest BCUT2D eigenvalue weighted by molar-refractivity contribution is 5.97. The van der Waals surface area contributed by atoms with Crippen LogP contribution >= 0.6 is 0 Å². The van der Waals surface area contributed by atoms with Gasteiger partial charge in [-0.05, 0) is 37.6 Å². The molecule has 12 nitrogen and oxygen atoms in total. The summed E-state index contributed by atoms with van der Waals surface area (Å²) in [4.78, 5) is 54.2. The topological polar surface area (TPSA) is 174 Å². The Bertz CT molecular complexity index is 1220. The molecule has 2 aromatic heterocycles. The summed E-state index contributed by atoms with van der Waals surface area (Å²) in [6, 6.07) is 5.42. The minimum absolute atomic E-state index is 0.0729.